The van der Waals surface area contributed by atoms with Gasteiger partial charge in [0.15, 0.2) is 0 Å². The molecule has 1 aromatic heterocycles. The van der Waals surface area contributed by atoms with Crippen LogP contribution >= 0.6 is 0 Å². The molecule has 0 unspecified atom stereocenters. The smallest absolute Gasteiger partial charge is 0.142 e. The first-order valence-electron chi connectivity index (χ1n) is 10.9. The van der Waals surface area contributed by atoms with Crippen molar-refractivity contribution >= 4 is 16.6 Å². The quantitative estimate of drug-likeness (QED) is 0.305. The summed E-state index contributed by atoms with van der Waals surface area (Å²) in [6.45, 7) is 4.93. The fraction of sp³-hybridized carbons (Fsp3) is 0.0333. The maximum Gasteiger partial charge on any atom is 0.142 e. The van der Waals surface area contributed by atoms with E-state index in [9.17, 15) is 5.11 Å². The van der Waals surface area contributed by atoms with Crippen LogP contribution in [0.5, 0.6) is 5.75 Å². The van der Waals surface area contributed by atoms with Crippen molar-refractivity contribution in [3.8, 4) is 28.0 Å². The molecule has 0 radical (unpaired) electrons. The zero-order valence-corrected chi connectivity index (χ0v) is 18.2. The summed E-state index contributed by atoms with van der Waals surface area (Å²) in [6.07, 6.45) is 1.69. The number of pyridine rings is 1. The topological polar surface area (TPSA) is 45.1 Å². The third-order valence-corrected chi connectivity index (χ3v) is 5.80. The summed E-state index contributed by atoms with van der Waals surface area (Å²) in [5, 5.41) is 14.8. The second kappa shape index (κ2) is 9.01. The molecule has 0 spiro atoms. The van der Waals surface area contributed by atoms with Crippen LogP contribution in [0.1, 0.15) is 11.1 Å². The average molecular weight is 429 g/mol. The zero-order valence-electron chi connectivity index (χ0n) is 18.2. The lowest BCUT2D eigenvalue weighted by Crippen LogP contribution is -2.10. The van der Waals surface area contributed by atoms with Gasteiger partial charge in [-0.25, -0.2) is 0 Å². The predicted octanol–water partition coefficient (Wildman–Crippen LogP) is 7.03. The minimum absolute atomic E-state index is 0.185. The third kappa shape index (κ3) is 4.48. The summed E-state index contributed by atoms with van der Waals surface area (Å²) < 4.78 is 0. The predicted molar refractivity (Wildman–Crippen MR) is 137 cm³/mol. The van der Waals surface area contributed by atoms with Gasteiger partial charge in [0.25, 0.3) is 0 Å². The van der Waals surface area contributed by atoms with Crippen LogP contribution in [0.15, 0.2) is 116 Å². The van der Waals surface area contributed by atoms with E-state index >= 15 is 0 Å². The molecule has 4 aromatic carbocycles. The molecule has 5 rings (SSSR count). The highest BCUT2D eigenvalue weighted by Crippen LogP contribution is 2.31. The molecule has 0 aliphatic carbocycles. The summed E-state index contributed by atoms with van der Waals surface area (Å²) in [4.78, 5) is 4.26. The van der Waals surface area contributed by atoms with E-state index in [1.807, 2.05) is 42.5 Å². The Labute approximate surface area is 193 Å². The standard InChI is InChI=1S/C30H24N2O/c1-21(32-20-22-12-14-24(15-13-22)23-7-3-2-4-8-23)25-9-5-10-26(17-25)28-18-27-11-6-16-31-30(27)29(33)19-28/h2-19,32-33H,1,20H2. The largest absolute Gasteiger partial charge is 0.506 e. The van der Waals surface area contributed by atoms with Gasteiger partial charge in [-0.15, -0.1) is 0 Å². The minimum atomic E-state index is 0.185. The van der Waals surface area contributed by atoms with Crippen LogP contribution in [-0.2, 0) is 6.54 Å². The first-order valence-corrected chi connectivity index (χ1v) is 10.9. The molecular formula is C30H24N2O. The number of nitrogens with zero attached hydrogens (tertiary/aromatic N) is 1. The lowest BCUT2D eigenvalue weighted by atomic mass is 9.99. The summed E-state index contributed by atoms with van der Waals surface area (Å²) in [5.74, 6) is 0.185. The van der Waals surface area contributed by atoms with Crippen LogP contribution in [0, 0.1) is 0 Å². The van der Waals surface area contributed by atoms with Gasteiger partial charge in [0, 0.05) is 23.8 Å². The lowest BCUT2D eigenvalue weighted by Gasteiger charge is -2.12. The highest BCUT2D eigenvalue weighted by atomic mass is 16.3. The number of rotatable bonds is 6. The molecule has 0 amide bonds. The minimum Gasteiger partial charge on any atom is -0.506 e. The van der Waals surface area contributed by atoms with E-state index in [-0.39, 0.29) is 5.75 Å². The Bertz CT molecular complexity index is 1420. The highest BCUT2D eigenvalue weighted by Gasteiger charge is 2.08. The van der Waals surface area contributed by atoms with Crippen molar-refractivity contribution in [2.45, 2.75) is 6.54 Å². The molecule has 3 nitrogen and oxygen atoms in total. The van der Waals surface area contributed by atoms with Crippen LogP contribution in [0.2, 0.25) is 0 Å². The Morgan fingerprint density at radius 2 is 1.48 bits per heavy atom. The number of phenolic OH excluding ortho intramolecular Hbond substituents is 1. The number of phenols is 1. The van der Waals surface area contributed by atoms with Crippen LogP contribution in [-0.4, -0.2) is 10.1 Å². The van der Waals surface area contributed by atoms with Crippen molar-refractivity contribution in [2.24, 2.45) is 0 Å². The second-order valence-electron chi connectivity index (χ2n) is 8.05. The molecular weight excluding hydrogens is 404 g/mol. The number of benzene rings is 4. The second-order valence-corrected chi connectivity index (χ2v) is 8.05. The van der Waals surface area contributed by atoms with E-state index in [1.54, 1.807) is 12.3 Å². The lowest BCUT2D eigenvalue weighted by molar-refractivity contribution is 0.480. The van der Waals surface area contributed by atoms with Gasteiger partial charge in [0.1, 0.15) is 11.3 Å². The Morgan fingerprint density at radius 1 is 0.727 bits per heavy atom. The average Bonchev–Trinajstić information content (AvgIpc) is 2.88. The van der Waals surface area contributed by atoms with Crippen molar-refractivity contribution in [3.05, 3.63) is 127 Å². The Morgan fingerprint density at radius 3 is 2.30 bits per heavy atom. The molecule has 0 aliphatic rings. The molecule has 3 heteroatoms. The summed E-state index contributed by atoms with van der Waals surface area (Å²) >= 11 is 0. The summed E-state index contributed by atoms with van der Waals surface area (Å²) in [5.41, 5.74) is 8.06. The summed E-state index contributed by atoms with van der Waals surface area (Å²) in [6, 6.07) is 34.8. The SMILES string of the molecule is C=C(NCc1ccc(-c2ccccc2)cc1)c1cccc(-c2cc(O)c3ncccc3c2)c1. The number of aromatic nitrogens is 1. The van der Waals surface area contributed by atoms with Crippen molar-refractivity contribution < 1.29 is 5.11 Å². The number of hydrogen-bond acceptors (Lipinski definition) is 3. The molecule has 33 heavy (non-hydrogen) atoms. The molecule has 0 atom stereocenters. The van der Waals surface area contributed by atoms with Gasteiger partial charge in [-0.3, -0.25) is 4.98 Å². The number of aromatic hydroxyl groups is 1. The van der Waals surface area contributed by atoms with E-state index in [4.69, 9.17) is 0 Å². The van der Waals surface area contributed by atoms with Crippen LogP contribution < -0.4 is 5.32 Å². The van der Waals surface area contributed by atoms with Crippen molar-refractivity contribution in [2.75, 3.05) is 0 Å². The van der Waals surface area contributed by atoms with Gasteiger partial charge in [-0.1, -0.05) is 85.4 Å². The van der Waals surface area contributed by atoms with E-state index in [1.165, 1.54) is 16.7 Å². The Hall–Kier alpha value is -4.37. The van der Waals surface area contributed by atoms with Gasteiger partial charge < -0.3 is 10.4 Å². The normalized spacial score (nSPS) is 10.8. The molecule has 160 valence electrons. The van der Waals surface area contributed by atoms with Crippen molar-refractivity contribution in [3.63, 3.8) is 0 Å². The fourth-order valence-electron chi connectivity index (χ4n) is 3.98. The number of fused-ring (bicyclic) bond motifs is 1. The molecule has 0 fully saturated rings. The van der Waals surface area contributed by atoms with Crippen LogP contribution in [0.25, 0.3) is 38.9 Å². The van der Waals surface area contributed by atoms with Crippen molar-refractivity contribution in [1.82, 2.24) is 10.3 Å². The van der Waals surface area contributed by atoms with Gasteiger partial charge in [0.05, 0.1) is 0 Å². The van der Waals surface area contributed by atoms with Gasteiger partial charge in [0.2, 0.25) is 0 Å². The molecule has 0 saturated heterocycles. The maximum atomic E-state index is 10.4. The van der Waals surface area contributed by atoms with Gasteiger partial charge in [-0.2, -0.15) is 0 Å². The molecule has 0 saturated carbocycles. The van der Waals surface area contributed by atoms with E-state index in [0.717, 1.165) is 27.8 Å². The molecule has 0 bridgehead atoms. The van der Waals surface area contributed by atoms with E-state index in [2.05, 4.69) is 71.5 Å². The van der Waals surface area contributed by atoms with Crippen LogP contribution in [0.4, 0.5) is 0 Å². The monoisotopic (exact) mass is 428 g/mol. The Kier molecular flexibility index (Phi) is 5.61. The zero-order chi connectivity index (χ0) is 22.6. The van der Waals surface area contributed by atoms with Gasteiger partial charge >= 0.3 is 0 Å². The molecule has 5 aromatic rings. The maximum absolute atomic E-state index is 10.4. The fourth-order valence-corrected chi connectivity index (χ4v) is 3.98. The first kappa shape index (κ1) is 20.5. The van der Waals surface area contributed by atoms with Crippen molar-refractivity contribution in [1.29, 1.82) is 0 Å². The van der Waals surface area contributed by atoms with E-state index in [0.29, 0.717) is 12.1 Å². The first-order chi connectivity index (χ1) is 16.2. The number of hydrogen-bond donors (Lipinski definition) is 2. The van der Waals surface area contributed by atoms with E-state index < -0.39 is 0 Å². The molecule has 2 N–H and O–H groups in total. The highest BCUT2D eigenvalue weighted by molar-refractivity contribution is 5.89. The molecule has 0 aliphatic heterocycles. The number of nitrogens with one attached hydrogen (secondary N) is 1. The van der Waals surface area contributed by atoms with Gasteiger partial charge in [-0.05, 0) is 57.6 Å². The van der Waals surface area contributed by atoms with Crippen LogP contribution in [0.3, 0.4) is 0 Å². The molecule has 1 heterocycles. The summed E-state index contributed by atoms with van der Waals surface area (Å²) in [7, 11) is 0. The third-order valence-electron chi connectivity index (χ3n) is 5.80. The Balaban J connectivity index is 1.31.